The number of aryl methyl sites for hydroxylation is 1. The monoisotopic (exact) mass is 445 g/mol. The second-order valence-corrected chi connectivity index (χ2v) is 19.9. The topological polar surface area (TPSA) is 70.1 Å². The molecule has 0 spiro atoms. The van der Waals surface area contributed by atoms with Crippen molar-refractivity contribution in [2.45, 2.75) is 79.2 Å². The summed E-state index contributed by atoms with van der Waals surface area (Å²) in [4.78, 5) is 10.9. The summed E-state index contributed by atoms with van der Waals surface area (Å²) in [5.41, 5.74) is 5.92. The molecule has 1 aromatic rings. The van der Waals surface area contributed by atoms with E-state index in [1.165, 1.54) is 55.5 Å². The van der Waals surface area contributed by atoms with E-state index in [-0.39, 0.29) is 6.61 Å². The average molecular weight is 444 g/mol. The Morgan fingerprint density at radius 2 is 1.62 bits per heavy atom. The quantitative estimate of drug-likeness (QED) is 0.495. The Balaban J connectivity index is 3.11. The average Bonchev–Trinajstić information content (AvgIpc) is 2.94. The molecule has 0 atom stereocenters. The molecule has 0 fully saturated rings. The van der Waals surface area contributed by atoms with E-state index in [9.17, 15) is 4.79 Å². The first-order valence-corrected chi connectivity index (χ1v) is 16.9. The first-order chi connectivity index (χ1) is 11.5. The molecule has 0 aliphatic carbocycles. The predicted octanol–water partition coefficient (Wildman–Crippen LogP) is 4.07. The fraction of sp³-hybridized carbons (Fsp3) is 0.778. The Morgan fingerprint density at radius 3 is 2.04 bits per heavy atom. The molecule has 6 heteroatoms. The number of amides is 1. The molecular weight excluding hydrogens is 409 g/mol. The van der Waals surface area contributed by atoms with Crippen LogP contribution >= 0.6 is 0 Å². The van der Waals surface area contributed by atoms with E-state index in [2.05, 4.69) is 43.7 Å². The number of nitrogens with two attached hydrogens (primary N) is 1. The van der Waals surface area contributed by atoms with Gasteiger partial charge in [-0.05, 0) is 0 Å². The SMILES string of the molecule is CCC[CH2][Sn]([CH2]CCC)([CH2]CCC)[c]1cc(COC(N)=O)nn1C. The van der Waals surface area contributed by atoms with Crippen LogP contribution in [0.15, 0.2) is 6.07 Å². The number of ether oxygens (including phenoxy) is 1. The number of nitrogens with zero attached hydrogens (tertiary/aromatic N) is 2. The van der Waals surface area contributed by atoms with Crippen LogP contribution in [0, 0.1) is 0 Å². The zero-order valence-corrected chi connectivity index (χ0v) is 18.8. The van der Waals surface area contributed by atoms with E-state index in [4.69, 9.17) is 10.5 Å². The van der Waals surface area contributed by atoms with Gasteiger partial charge in [-0.25, -0.2) is 0 Å². The predicted molar refractivity (Wildman–Crippen MR) is 102 cm³/mol. The van der Waals surface area contributed by atoms with Crippen molar-refractivity contribution in [1.29, 1.82) is 0 Å². The maximum atomic E-state index is 10.9. The van der Waals surface area contributed by atoms with Crippen molar-refractivity contribution in [2.75, 3.05) is 0 Å². The van der Waals surface area contributed by atoms with Crippen molar-refractivity contribution in [3.05, 3.63) is 11.8 Å². The van der Waals surface area contributed by atoms with Crippen molar-refractivity contribution < 1.29 is 9.53 Å². The maximum absolute atomic E-state index is 10.9. The van der Waals surface area contributed by atoms with Crippen LogP contribution in [-0.4, -0.2) is 34.3 Å². The van der Waals surface area contributed by atoms with Gasteiger partial charge in [0, 0.05) is 0 Å². The molecule has 0 aliphatic heterocycles. The second-order valence-electron chi connectivity index (χ2n) is 6.84. The first kappa shape index (κ1) is 21.3. The van der Waals surface area contributed by atoms with Gasteiger partial charge >= 0.3 is 151 Å². The van der Waals surface area contributed by atoms with Crippen LogP contribution in [0.3, 0.4) is 0 Å². The van der Waals surface area contributed by atoms with Gasteiger partial charge < -0.3 is 0 Å². The Labute approximate surface area is 151 Å². The van der Waals surface area contributed by atoms with Gasteiger partial charge in [-0.2, -0.15) is 0 Å². The summed E-state index contributed by atoms with van der Waals surface area (Å²) in [5, 5.41) is 4.61. The molecule has 0 aromatic carbocycles. The van der Waals surface area contributed by atoms with Crippen molar-refractivity contribution in [3.63, 3.8) is 0 Å². The van der Waals surface area contributed by atoms with Gasteiger partial charge in [0.1, 0.15) is 0 Å². The molecule has 1 amide bonds. The van der Waals surface area contributed by atoms with Crippen molar-refractivity contribution in [1.82, 2.24) is 9.78 Å². The summed E-state index contributed by atoms with van der Waals surface area (Å²) in [5.74, 6) is 0. The van der Waals surface area contributed by atoms with Gasteiger partial charge in [0.2, 0.25) is 0 Å². The molecule has 0 unspecified atom stereocenters. The summed E-state index contributed by atoms with van der Waals surface area (Å²) in [7, 11) is 2.05. The van der Waals surface area contributed by atoms with E-state index in [1.807, 2.05) is 0 Å². The Bertz CT molecular complexity index is 481. The number of hydrogen-bond donors (Lipinski definition) is 1. The molecular formula is C18H35N3O2Sn. The third-order valence-electron chi connectivity index (χ3n) is 4.86. The van der Waals surface area contributed by atoms with Gasteiger partial charge in [0.15, 0.2) is 0 Å². The zero-order valence-electron chi connectivity index (χ0n) is 15.9. The number of aromatic nitrogens is 2. The molecule has 1 heterocycles. The number of primary amides is 1. The molecule has 0 aliphatic rings. The Morgan fingerprint density at radius 1 is 1.12 bits per heavy atom. The fourth-order valence-corrected chi connectivity index (χ4v) is 20.2. The fourth-order valence-electron chi connectivity index (χ4n) is 3.54. The normalized spacial score (nSPS) is 11.7. The van der Waals surface area contributed by atoms with Crippen LogP contribution < -0.4 is 9.44 Å². The van der Waals surface area contributed by atoms with E-state index < -0.39 is 24.5 Å². The van der Waals surface area contributed by atoms with E-state index in [0.717, 1.165) is 5.69 Å². The Hall–Kier alpha value is -0.721. The molecule has 0 bridgehead atoms. The molecule has 0 radical (unpaired) electrons. The van der Waals surface area contributed by atoms with Gasteiger partial charge in [-0.3, -0.25) is 0 Å². The first-order valence-electron chi connectivity index (χ1n) is 9.44. The van der Waals surface area contributed by atoms with Gasteiger partial charge in [-0.15, -0.1) is 0 Å². The molecule has 138 valence electrons. The van der Waals surface area contributed by atoms with Gasteiger partial charge in [-0.1, -0.05) is 0 Å². The second kappa shape index (κ2) is 11.0. The third kappa shape index (κ3) is 6.30. The van der Waals surface area contributed by atoms with Crippen LogP contribution in [0.5, 0.6) is 0 Å². The molecule has 2 N–H and O–H groups in total. The van der Waals surface area contributed by atoms with E-state index >= 15 is 0 Å². The molecule has 0 saturated heterocycles. The summed E-state index contributed by atoms with van der Waals surface area (Å²) in [6, 6.07) is 2.21. The molecule has 5 nitrogen and oxygen atoms in total. The summed E-state index contributed by atoms with van der Waals surface area (Å²) >= 11 is -2.49. The van der Waals surface area contributed by atoms with Crippen molar-refractivity contribution in [3.8, 4) is 0 Å². The standard InChI is InChI=1S/C6H8N3O2.3C4H9.Sn/c1-9-3-2-5(8-9)4-11-6(7)10;3*1-3-4-2;/h2H,4H2,1H3,(H2,7,10);3*1,3-4H2,2H3;. The zero-order chi connectivity index (χ0) is 18.0. The minimum absolute atomic E-state index is 0.181. The van der Waals surface area contributed by atoms with Crippen molar-refractivity contribution >= 4 is 28.2 Å². The Kier molecular flexibility index (Phi) is 9.77. The van der Waals surface area contributed by atoms with Gasteiger partial charge in [0.25, 0.3) is 0 Å². The number of rotatable bonds is 12. The number of hydrogen-bond acceptors (Lipinski definition) is 3. The number of carbonyl (C=O) groups excluding carboxylic acids is 1. The van der Waals surface area contributed by atoms with Crippen molar-refractivity contribution in [2.24, 2.45) is 12.8 Å². The van der Waals surface area contributed by atoms with E-state index in [1.54, 1.807) is 0 Å². The summed E-state index contributed by atoms with van der Waals surface area (Å²) in [6.07, 6.45) is 7.00. The van der Waals surface area contributed by atoms with Crippen LogP contribution in [0.1, 0.15) is 65.0 Å². The molecule has 24 heavy (non-hydrogen) atoms. The van der Waals surface area contributed by atoms with Crippen LogP contribution in [0.4, 0.5) is 4.79 Å². The van der Waals surface area contributed by atoms with Crippen LogP contribution in [0.25, 0.3) is 0 Å². The molecule has 1 aromatic heterocycles. The van der Waals surface area contributed by atoms with Gasteiger partial charge in [0.05, 0.1) is 0 Å². The number of unbranched alkanes of at least 4 members (excludes halogenated alkanes) is 3. The third-order valence-corrected chi connectivity index (χ3v) is 20.5. The minimum atomic E-state index is -2.49. The van der Waals surface area contributed by atoms with Crippen LogP contribution in [0.2, 0.25) is 13.3 Å². The van der Waals surface area contributed by atoms with Crippen LogP contribution in [-0.2, 0) is 18.4 Å². The number of carbonyl (C=O) groups is 1. The summed E-state index contributed by atoms with van der Waals surface area (Å²) in [6.45, 7) is 7.03. The molecule has 1 rings (SSSR count). The summed E-state index contributed by atoms with van der Waals surface area (Å²) < 4.78 is 12.7. The molecule has 0 saturated carbocycles. The van der Waals surface area contributed by atoms with E-state index in [0.29, 0.717) is 0 Å².